The Labute approximate surface area is 506 Å². The van der Waals surface area contributed by atoms with Crippen molar-refractivity contribution in [1.82, 2.24) is 19.9 Å². The first kappa shape index (κ1) is 59.1. The fourth-order valence-electron chi connectivity index (χ4n) is 18.8. The highest BCUT2D eigenvalue weighted by Crippen LogP contribution is 2.62. The van der Waals surface area contributed by atoms with Gasteiger partial charge < -0.3 is 20.4 Å². The van der Waals surface area contributed by atoms with Crippen LogP contribution >= 0.6 is 0 Å². The highest BCUT2D eigenvalue weighted by Gasteiger charge is 2.53. The smallest absolute Gasteiger partial charge is 0.141 e. The summed E-state index contributed by atoms with van der Waals surface area (Å²) in [7, 11) is 0. The minimum atomic E-state index is 0.0350. The van der Waals surface area contributed by atoms with E-state index in [0.717, 1.165) is 32.6 Å². The van der Waals surface area contributed by atoms with Crippen molar-refractivity contribution in [1.29, 1.82) is 0 Å². The van der Waals surface area contributed by atoms with Crippen LogP contribution in [0.3, 0.4) is 0 Å². The average Bonchev–Trinajstić information content (AvgIpc) is 1.96. The summed E-state index contributed by atoms with van der Waals surface area (Å²) in [5.74, 6) is 5.21. The molecule has 4 saturated carbocycles. The third-order valence-corrected chi connectivity index (χ3v) is 22.5. The number of hydrogen-bond donors (Lipinski definition) is 2. The number of phenolic OH excluding ortho intramolecular Hbond substituents is 2. The Balaban J connectivity index is 0.880. The van der Waals surface area contributed by atoms with Crippen molar-refractivity contribution < 1.29 is 20.4 Å². The van der Waals surface area contributed by atoms with Crippen LogP contribution in [0.1, 0.15) is 251 Å². The fraction of sp³-hybridized carbons (Fsp3) is 0.532. The van der Waals surface area contributed by atoms with Gasteiger partial charge >= 0.3 is 0 Å². The Morgan fingerprint density at radius 2 is 0.506 bits per heavy atom. The van der Waals surface area contributed by atoms with Crippen molar-refractivity contribution in [3.8, 4) is 23.0 Å². The summed E-state index contributed by atoms with van der Waals surface area (Å²) in [5, 5.41) is 52.3. The molecule has 0 bridgehead atoms. The maximum Gasteiger partial charge on any atom is 0.141 e. The first-order chi connectivity index (χ1) is 41.9. The summed E-state index contributed by atoms with van der Waals surface area (Å²) in [5.41, 5.74) is 8.42. The quantitative estimate of drug-likeness (QED) is 0.153. The van der Waals surface area contributed by atoms with E-state index in [0.29, 0.717) is 58.4 Å². The largest absolute Gasteiger partial charge is 0.871 e. The molecule has 0 radical (unpaired) electrons. The van der Waals surface area contributed by atoms with Gasteiger partial charge in [0.2, 0.25) is 0 Å². The number of aromatic nitrogens is 4. The zero-order valence-electron chi connectivity index (χ0n) is 50.8. The molecule has 8 aromatic rings. The second-order valence-corrected chi connectivity index (χ2v) is 27.1. The van der Waals surface area contributed by atoms with Crippen molar-refractivity contribution in [2.75, 3.05) is 0 Å². The van der Waals surface area contributed by atoms with Crippen LogP contribution in [-0.4, -0.2) is 30.1 Å². The SMILES string of the molecule is [O-]c1cccc2c(C3CCCCC(C(C4CCCCC(c5ccnc6c([O-])cccc56)CCCC4)(C4CCCCC(c5ccnc6c(O)cccc56)CCCC4)C4CCCCC(c5ccnc6c(O)cccc56)CCCC4)CCCC3)ccnc12. The number of rotatable bonds is 8. The second kappa shape index (κ2) is 28.0. The van der Waals surface area contributed by atoms with Crippen LogP contribution in [0.5, 0.6) is 23.0 Å². The predicted octanol–water partition coefficient (Wildman–Crippen LogP) is 19.9. The standard InChI is InChI=1S/C77H96N4O4/c82-69-41-17-37-65-61(45-49-78-73(65)69)53-21-1-9-29-57(30-10-2-22-53)77(58-31-11-3-23-54(24-4-12-32-58)62-46-50-79-74-66(62)38-18-42-70(74)83,59-33-13-5-25-55(26-6-14-34-59)63-47-51-80-75-67(63)39-19-43-71(75)84)60-35-15-7-27-56(28-8-16-36-60)64-48-52-81-76-68(64)40-20-44-72(76)85/h17-20,37-60,82-85H,1-16,21-36H2/p-2. The predicted molar refractivity (Wildman–Crippen MR) is 344 cm³/mol. The Morgan fingerprint density at radius 3 is 0.776 bits per heavy atom. The molecule has 4 heterocycles. The van der Waals surface area contributed by atoms with E-state index in [4.69, 9.17) is 0 Å². The molecule has 4 fully saturated rings. The number of nitrogens with zero attached hydrogens (tertiary/aromatic N) is 4. The highest BCUT2D eigenvalue weighted by atomic mass is 16.3. The van der Waals surface area contributed by atoms with E-state index in [-0.39, 0.29) is 28.4 Å². The maximum atomic E-state index is 13.1. The summed E-state index contributed by atoms with van der Waals surface area (Å²) < 4.78 is 0. The Bertz CT molecular complexity index is 2980. The fourth-order valence-corrected chi connectivity index (χ4v) is 18.8. The van der Waals surface area contributed by atoms with E-state index in [9.17, 15) is 20.4 Å². The number of phenols is 2. The molecule has 4 aromatic carbocycles. The van der Waals surface area contributed by atoms with Crippen molar-refractivity contribution in [3.05, 3.63) is 144 Å². The molecule has 4 aromatic heterocycles. The zero-order valence-corrected chi connectivity index (χ0v) is 50.8. The molecule has 0 aliphatic heterocycles. The van der Waals surface area contributed by atoms with Gasteiger partial charge in [-0.2, -0.15) is 0 Å². The molecular formula is C77H94N4O4-2. The zero-order chi connectivity index (χ0) is 58.0. The van der Waals surface area contributed by atoms with E-state index in [1.807, 2.05) is 49.1 Å². The van der Waals surface area contributed by atoms with Gasteiger partial charge in [0.15, 0.2) is 0 Å². The molecule has 0 spiro atoms. The van der Waals surface area contributed by atoms with Crippen LogP contribution in [0.4, 0.5) is 0 Å². The summed E-state index contributed by atoms with van der Waals surface area (Å²) in [4.78, 5) is 18.5. The van der Waals surface area contributed by atoms with Gasteiger partial charge in [-0.1, -0.05) is 175 Å². The second-order valence-electron chi connectivity index (χ2n) is 27.1. The van der Waals surface area contributed by atoms with Crippen molar-refractivity contribution in [2.24, 2.45) is 29.1 Å². The Kier molecular flexibility index (Phi) is 19.5. The summed E-state index contributed by atoms with van der Waals surface area (Å²) in [6, 6.07) is 32.4. The van der Waals surface area contributed by atoms with E-state index < -0.39 is 0 Å². The van der Waals surface area contributed by atoms with E-state index in [1.54, 1.807) is 24.3 Å². The van der Waals surface area contributed by atoms with Gasteiger partial charge in [0.1, 0.15) is 22.5 Å². The van der Waals surface area contributed by atoms with E-state index in [2.05, 4.69) is 68.5 Å². The molecule has 0 saturated heterocycles. The first-order valence-corrected chi connectivity index (χ1v) is 34.1. The third kappa shape index (κ3) is 12.9. The Hall–Kier alpha value is -6.28. The summed E-state index contributed by atoms with van der Waals surface area (Å²) >= 11 is 0. The van der Waals surface area contributed by atoms with Gasteiger partial charge in [-0.25, -0.2) is 0 Å². The molecule has 4 aliphatic rings. The van der Waals surface area contributed by atoms with E-state index in [1.165, 1.54) is 228 Å². The normalized spacial score (nSPS) is 26.1. The molecule has 2 N–H and O–H groups in total. The number of para-hydroxylation sites is 4. The van der Waals surface area contributed by atoms with Crippen molar-refractivity contribution in [2.45, 2.75) is 229 Å². The topological polar surface area (TPSA) is 138 Å². The molecule has 0 unspecified atom stereocenters. The lowest BCUT2D eigenvalue weighted by Crippen LogP contribution is -2.51. The molecule has 0 atom stereocenters. The van der Waals surface area contributed by atoms with Crippen LogP contribution in [0.15, 0.2) is 122 Å². The molecule has 8 nitrogen and oxygen atoms in total. The van der Waals surface area contributed by atoms with Gasteiger partial charge in [-0.3, -0.25) is 19.9 Å². The van der Waals surface area contributed by atoms with Crippen LogP contribution in [0.25, 0.3) is 43.6 Å². The number of hydrogen-bond acceptors (Lipinski definition) is 8. The van der Waals surface area contributed by atoms with Gasteiger partial charge in [0, 0.05) is 46.3 Å². The lowest BCUT2D eigenvalue weighted by molar-refractivity contribution is -0.266. The minimum absolute atomic E-state index is 0.0350. The summed E-state index contributed by atoms with van der Waals surface area (Å²) in [6.07, 6.45) is 47.7. The average molecular weight is 1140 g/mol. The molecule has 8 heteroatoms. The monoisotopic (exact) mass is 1140 g/mol. The molecule has 4 aliphatic carbocycles. The molecule has 0 amide bonds. The van der Waals surface area contributed by atoms with Gasteiger partial charge in [-0.05, 0) is 214 Å². The highest BCUT2D eigenvalue weighted by molar-refractivity contribution is 5.89. The van der Waals surface area contributed by atoms with Crippen molar-refractivity contribution in [3.63, 3.8) is 0 Å². The molecular weight excluding hydrogens is 1040 g/mol. The van der Waals surface area contributed by atoms with Gasteiger partial charge in [-0.15, -0.1) is 0 Å². The van der Waals surface area contributed by atoms with Gasteiger partial charge in [0.05, 0.1) is 11.0 Å². The van der Waals surface area contributed by atoms with E-state index >= 15 is 0 Å². The Morgan fingerprint density at radius 1 is 0.282 bits per heavy atom. The summed E-state index contributed by atoms with van der Waals surface area (Å²) in [6.45, 7) is 0. The first-order valence-electron chi connectivity index (χ1n) is 34.1. The van der Waals surface area contributed by atoms with Crippen LogP contribution < -0.4 is 10.2 Å². The number of benzene rings is 4. The van der Waals surface area contributed by atoms with Crippen LogP contribution in [0, 0.1) is 29.1 Å². The number of aromatic hydroxyl groups is 2. The number of fused-ring (bicyclic) bond motifs is 4. The molecule has 85 heavy (non-hydrogen) atoms. The molecule has 12 rings (SSSR count). The van der Waals surface area contributed by atoms with Crippen molar-refractivity contribution >= 4 is 43.6 Å². The third-order valence-electron chi connectivity index (χ3n) is 22.5. The lowest BCUT2D eigenvalue weighted by Gasteiger charge is -2.58. The maximum absolute atomic E-state index is 13.1. The molecule has 448 valence electrons. The van der Waals surface area contributed by atoms with Gasteiger partial charge in [0.25, 0.3) is 0 Å². The van der Waals surface area contributed by atoms with Crippen LogP contribution in [-0.2, 0) is 0 Å². The minimum Gasteiger partial charge on any atom is -0.871 e. The number of pyridine rings is 4. The van der Waals surface area contributed by atoms with Crippen LogP contribution in [0.2, 0.25) is 0 Å². The lowest BCUT2D eigenvalue weighted by atomic mass is 9.47.